The Hall–Kier alpha value is -2.48. The second kappa shape index (κ2) is 5.72. The molecule has 0 amide bonds. The molecule has 0 N–H and O–H groups in total. The van der Waals surface area contributed by atoms with Crippen molar-refractivity contribution in [1.29, 1.82) is 0 Å². The molecule has 2 aromatic carbocycles. The molecule has 1 nitrogen and oxygen atoms in total. The Kier molecular flexibility index (Phi) is 3.76. The first-order valence-corrected chi connectivity index (χ1v) is 7.36. The van der Waals surface area contributed by atoms with Crippen LogP contribution in [0.15, 0.2) is 71.7 Å². The van der Waals surface area contributed by atoms with Crippen molar-refractivity contribution < 1.29 is 4.39 Å². The van der Waals surface area contributed by atoms with E-state index in [0.29, 0.717) is 0 Å². The Bertz CT molecular complexity index is 754. The number of nitrogens with zero attached hydrogens (tertiary/aromatic N) is 1. The molecular weight excluding hydrogens is 273 g/mol. The van der Waals surface area contributed by atoms with Gasteiger partial charge in [0.15, 0.2) is 0 Å². The number of halogens is 1. The van der Waals surface area contributed by atoms with Crippen LogP contribution in [-0.4, -0.2) is 11.3 Å². The first kappa shape index (κ1) is 14.5. The Morgan fingerprint density at radius 2 is 1.68 bits per heavy atom. The van der Waals surface area contributed by atoms with Gasteiger partial charge in [0.2, 0.25) is 0 Å². The molecule has 0 radical (unpaired) electrons. The van der Waals surface area contributed by atoms with Crippen molar-refractivity contribution in [2.45, 2.75) is 19.4 Å². The minimum atomic E-state index is -0.419. The van der Waals surface area contributed by atoms with E-state index in [-0.39, 0.29) is 5.82 Å². The van der Waals surface area contributed by atoms with Gasteiger partial charge in [0.1, 0.15) is 11.4 Å². The van der Waals surface area contributed by atoms with E-state index < -0.39 is 5.54 Å². The van der Waals surface area contributed by atoms with Crippen molar-refractivity contribution >= 4 is 17.4 Å². The lowest BCUT2D eigenvalue weighted by Crippen LogP contribution is -2.18. The Morgan fingerprint density at radius 1 is 1.00 bits per heavy atom. The van der Waals surface area contributed by atoms with Crippen molar-refractivity contribution in [3.63, 3.8) is 0 Å². The summed E-state index contributed by atoms with van der Waals surface area (Å²) in [6.45, 7) is 4.07. The van der Waals surface area contributed by atoms with Gasteiger partial charge in [-0.05, 0) is 48.8 Å². The van der Waals surface area contributed by atoms with Gasteiger partial charge in [0.25, 0.3) is 0 Å². The molecule has 0 saturated carbocycles. The van der Waals surface area contributed by atoms with Crippen LogP contribution in [0, 0.1) is 5.82 Å². The Labute approximate surface area is 130 Å². The van der Waals surface area contributed by atoms with Gasteiger partial charge in [0.05, 0.1) is 0 Å². The summed E-state index contributed by atoms with van der Waals surface area (Å²) in [4.78, 5) is 4.76. The van der Waals surface area contributed by atoms with E-state index in [1.165, 1.54) is 12.1 Å². The van der Waals surface area contributed by atoms with Gasteiger partial charge in [0, 0.05) is 5.71 Å². The van der Waals surface area contributed by atoms with Gasteiger partial charge in [-0.3, -0.25) is 4.99 Å². The average Bonchev–Trinajstić information content (AvgIpc) is 2.82. The van der Waals surface area contributed by atoms with E-state index in [1.54, 1.807) is 0 Å². The molecule has 22 heavy (non-hydrogen) atoms. The molecule has 1 heterocycles. The average molecular weight is 291 g/mol. The minimum absolute atomic E-state index is 0.221. The largest absolute Gasteiger partial charge is 0.275 e. The molecule has 1 atom stereocenters. The summed E-state index contributed by atoms with van der Waals surface area (Å²) < 4.78 is 13.2. The molecular formula is C20H18FN. The molecule has 0 aromatic heterocycles. The number of rotatable bonds is 3. The normalized spacial score (nSPS) is 21.0. The zero-order valence-electron chi connectivity index (χ0n) is 12.8. The number of allylic oxidation sites excluding steroid dienone is 1. The van der Waals surface area contributed by atoms with Gasteiger partial charge in [-0.15, -0.1) is 0 Å². The number of benzene rings is 2. The molecule has 0 spiro atoms. The summed E-state index contributed by atoms with van der Waals surface area (Å²) in [6.07, 6.45) is 6.26. The summed E-state index contributed by atoms with van der Waals surface area (Å²) in [5, 5.41) is 0. The Balaban J connectivity index is 1.95. The zero-order chi connectivity index (χ0) is 15.6. The fraction of sp³-hybridized carbons (Fsp3) is 0.150. The number of hydrogen-bond donors (Lipinski definition) is 0. The molecule has 0 fully saturated rings. The summed E-state index contributed by atoms with van der Waals surface area (Å²) >= 11 is 0. The third-order valence-electron chi connectivity index (χ3n) is 3.86. The predicted molar refractivity (Wildman–Crippen MR) is 91.4 cm³/mol. The zero-order valence-corrected chi connectivity index (χ0v) is 12.8. The first-order chi connectivity index (χ1) is 10.6. The lowest BCUT2D eigenvalue weighted by molar-refractivity contribution is 0.627. The SMILES string of the molecule is CC1=N[C@](C)(/C=C/c2ccccc2)C(c2ccc(F)cc2)=C1. The second-order valence-corrected chi connectivity index (χ2v) is 5.71. The van der Waals surface area contributed by atoms with Crippen LogP contribution in [-0.2, 0) is 0 Å². The maximum absolute atomic E-state index is 13.2. The van der Waals surface area contributed by atoms with Gasteiger partial charge in [-0.1, -0.05) is 54.6 Å². The van der Waals surface area contributed by atoms with Crippen LogP contribution >= 0.6 is 0 Å². The fourth-order valence-electron chi connectivity index (χ4n) is 2.77. The van der Waals surface area contributed by atoms with E-state index >= 15 is 0 Å². The maximum atomic E-state index is 13.2. The highest BCUT2D eigenvalue weighted by Gasteiger charge is 2.30. The van der Waals surface area contributed by atoms with E-state index in [4.69, 9.17) is 4.99 Å². The highest BCUT2D eigenvalue weighted by molar-refractivity contribution is 6.06. The van der Waals surface area contributed by atoms with E-state index in [0.717, 1.165) is 22.4 Å². The van der Waals surface area contributed by atoms with Crippen LogP contribution in [0.5, 0.6) is 0 Å². The smallest absolute Gasteiger partial charge is 0.123 e. The van der Waals surface area contributed by atoms with Crippen LogP contribution in [0.2, 0.25) is 0 Å². The molecule has 0 saturated heterocycles. The van der Waals surface area contributed by atoms with Gasteiger partial charge >= 0.3 is 0 Å². The minimum Gasteiger partial charge on any atom is -0.275 e. The van der Waals surface area contributed by atoms with Crippen molar-refractivity contribution in [2.24, 2.45) is 4.99 Å². The summed E-state index contributed by atoms with van der Waals surface area (Å²) in [5.74, 6) is -0.221. The van der Waals surface area contributed by atoms with E-state index in [9.17, 15) is 4.39 Å². The number of aliphatic imine (C=N–C) groups is 1. The highest BCUT2D eigenvalue weighted by Crippen LogP contribution is 2.36. The van der Waals surface area contributed by atoms with Gasteiger partial charge < -0.3 is 0 Å². The molecule has 0 unspecified atom stereocenters. The third-order valence-corrected chi connectivity index (χ3v) is 3.86. The van der Waals surface area contributed by atoms with Crippen molar-refractivity contribution in [2.75, 3.05) is 0 Å². The molecule has 2 heteroatoms. The monoisotopic (exact) mass is 291 g/mol. The van der Waals surface area contributed by atoms with Crippen molar-refractivity contribution in [3.8, 4) is 0 Å². The summed E-state index contributed by atoms with van der Waals surface area (Å²) in [7, 11) is 0. The highest BCUT2D eigenvalue weighted by atomic mass is 19.1. The summed E-state index contributed by atoms with van der Waals surface area (Å²) in [6, 6.07) is 16.8. The van der Waals surface area contributed by atoms with Gasteiger partial charge in [-0.2, -0.15) is 0 Å². The molecule has 1 aliphatic rings. The van der Waals surface area contributed by atoms with Gasteiger partial charge in [-0.25, -0.2) is 4.39 Å². The van der Waals surface area contributed by atoms with Crippen LogP contribution in [0.3, 0.4) is 0 Å². The topological polar surface area (TPSA) is 12.4 Å². The quantitative estimate of drug-likeness (QED) is 0.741. The first-order valence-electron chi connectivity index (χ1n) is 7.36. The molecule has 0 bridgehead atoms. The molecule has 110 valence electrons. The van der Waals surface area contributed by atoms with Crippen LogP contribution < -0.4 is 0 Å². The summed E-state index contributed by atoms with van der Waals surface area (Å²) in [5.41, 5.74) is 3.80. The van der Waals surface area contributed by atoms with Crippen LogP contribution in [0.25, 0.3) is 11.6 Å². The lowest BCUT2D eigenvalue weighted by Gasteiger charge is -2.22. The second-order valence-electron chi connectivity index (χ2n) is 5.71. The van der Waals surface area contributed by atoms with Crippen LogP contribution in [0.1, 0.15) is 25.0 Å². The molecule has 1 aliphatic heterocycles. The predicted octanol–water partition coefficient (Wildman–Crippen LogP) is 5.16. The Morgan fingerprint density at radius 3 is 2.36 bits per heavy atom. The lowest BCUT2D eigenvalue weighted by atomic mass is 9.87. The third kappa shape index (κ3) is 2.91. The number of hydrogen-bond acceptors (Lipinski definition) is 1. The van der Waals surface area contributed by atoms with Crippen molar-refractivity contribution in [1.82, 2.24) is 0 Å². The fourth-order valence-corrected chi connectivity index (χ4v) is 2.77. The standard InChI is InChI=1S/C20H18FN/c1-15-14-19(17-8-10-18(21)11-9-17)20(2,22-15)13-12-16-6-4-3-5-7-16/h3-14H,1-2H3/b13-12+/t20-/m1/s1. The van der Waals surface area contributed by atoms with E-state index in [2.05, 4.69) is 37.3 Å². The maximum Gasteiger partial charge on any atom is 0.123 e. The van der Waals surface area contributed by atoms with E-state index in [1.807, 2.05) is 37.3 Å². The van der Waals surface area contributed by atoms with Crippen molar-refractivity contribution in [3.05, 3.63) is 83.7 Å². The molecule has 0 aliphatic carbocycles. The molecule has 3 rings (SSSR count). The molecule has 2 aromatic rings. The van der Waals surface area contributed by atoms with Crippen LogP contribution in [0.4, 0.5) is 4.39 Å².